The lowest BCUT2D eigenvalue weighted by Crippen LogP contribution is -2.28. The smallest absolute Gasteiger partial charge is 0.328 e. The Kier molecular flexibility index (Phi) is 7.74. The fourth-order valence-corrected chi connectivity index (χ4v) is 2.56. The summed E-state index contributed by atoms with van der Waals surface area (Å²) < 4.78 is 0. The highest BCUT2D eigenvalue weighted by Crippen LogP contribution is 2.12. The summed E-state index contributed by atoms with van der Waals surface area (Å²) in [4.78, 5) is 34.3. The highest BCUT2D eigenvalue weighted by atomic mass is 16.3. The first-order chi connectivity index (χ1) is 10.9. The van der Waals surface area contributed by atoms with Gasteiger partial charge in [-0.15, -0.1) is 0 Å². The van der Waals surface area contributed by atoms with E-state index in [2.05, 4.69) is 33.7 Å². The Hall–Kier alpha value is -1.89. The number of hydrogen-bond acceptors (Lipinski definition) is 5. The van der Waals surface area contributed by atoms with Gasteiger partial charge >= 0.3 is 5.69 Å². The van der Waals surface area contributed by atoms with Gasteiger partial charge in [0.2, 0.25) is 5.88 Å². The zero-order valence-electron chi connectivity index (χ0n) is 14.5. The Labute approximate surface area is 136 Å². The Balaban J connectivity index is 2.83. The minimum absolute atomic E-state index is 0.0474. The van der Waals surface area contributed by atoms with E-state index in [1.54, 1.807) is 0 Å². The molecule has 3 N–H and O–H groups in total. The maximum absolute atomic E-state index is 11.9. The average molecular weight is 324 g/mol. The van der Waals surface area contributed by atoms with Gasteiger partial charge in [-0.25, -0.2) is 4.79 Å². The molecule has 1 heterocycles. The van der Waals surface area contributed by atoms with Gasteiger partial charge in [0.1, 0.15) is 5.56 Å². The monoisotopic (exact) mass is 324 g/mol. The van der Waals surface area contributed by atoms with Crippen LogP contribution >= 0.6 is 0 Å². The van der Waals surface area contributed by atoms with Gasteiger partial charge in [0.25, 0.3) is 5.56 Å². The maximum atomic E-state index is 11.9. The van der Waals surface area contributed by atoms with Crippen LogP contribution in [-0.4, -0.2) is 51.4 Å². The third-order valence-corrected chi connectivity index (χ3v) is 3.91. The lowest BCUT2D eigenvalue weighted by atomic mass is 10.1. The molecule has 0 spiro atoms. The Bertz CT molecular complexity index is 629. The standard InChI is InChI=1S/C16H28N4O3/c1-5-12(13-14(21)18-16(23)19-15(13)22)17-11(4)9-8-10-20(6-2)7-3/h11H,5-10H2,1-4H3,(H3,18,19,21,22,23). The molecule has 1 aromatic rings. The van der Waals surface area contributed by atoms with Crippen LogP contribution in [0.15, 0.2) is 14.6 Å². The molecule has 0 radical (unpaired) electrons. The summed E-state index contributed by atoms with van der Waals surface area (Å²) >= 11 is 0. The number of aliphatic imine (C=N–C) groups is 1. The van der Waals surface area contributed by atoms with E-state index in [1.807, 2.05) is 13.8 Å². The van der Waals surface area contributed by atoms with Crippen molar-refractivity contribution in [2.45, 2.75) is 53.0 Å². The van der Waals surface area contributed by atoms with Crippen LogP contribution < -0.4 is 11.2 Å². The quantitative estimate of drug-likeness (QED) is 0.599. The molecule has 1 atom stereocenters. The summed E-state index contributed by atoms with van der Waals surface area (Å²) in [5.41, 5.74) is -0.765. The predicted molar refractivity (Wildman–Crippen MR) is 92.7 cm³/mol. The van der Waals surface area contributed by atoms with Gasteiger partial charge in [-0.1, -0.05) is 20.8 Å². The molecule has 0 aliphatic rings. The summed E-state index contributed by atoms with van der Waals surface area (Å²) in [7, 11) is 0. The molecule has 23 heavy (non-hydrogen) atoms. The van der Waals surface area contributed by atoms with Crippen molar-refractivity contribution < 1.29 is 5.11 Å². The molecule has 0 saturated heterocycles. The first-order valence-electron chi connectivity index (χ1n) is 8.27. The van der Waals surface area contributed by atoms with Crippen LogP contribution in [0.25, 0.3) is 0 Å². The Morgan fingerprint density at radius 2 is 1.87 bits per heavy atom. The Morgan fingerprint density at radius 3 is 2.39 bits per heavy atom. The molecule has 1 aromatic heterocycles. The number of aromatic nitrogens is 2. The molecular formula is C16H28N4O3. The fraction of sp³-hybridized carbons (Fsp3) is 0.688. The van der Waals surface area contributed by atoms with Crippen LogP contribution in [0.1, 0.15) is 52.5 Å². The molecule has 0 aliphatic carbocycles. The van der Waals surface area contributed by atoms with Crippen molar-refractivity contribution in [2.24, 2.45) is 4.99 Å². The van der Waals surface area contributed by atoms with Crippen molar-refractivity contribution in [2.75, 3.05) is 19.6 Å². The topological polar surface area (TPSA) is 102 Å². The number of rotatable bonds is 9. The van der Waals surface area contributed by atoms with E-state index in [1.165, 1.54) is 0 Å². The van der Waals surface area contributed by atoms with E-state index in [4.69, 9.17) is 0 Å². The molecule has 1 rings (SSSR count). The van der Waals surface area contributed by atoms with Crippen LogP contribution in [-0.2, 0) is 0 Å². The predicted octanol–water partition coefficient (Wildman–Crippen LogP) is 1.48. The number of aromatic amines is 2. The molecule has 1 unspecified atom stereocenters. The van der Waals surface area contributed by atoms with E-state index in [-0.39, 0.29) is 11.6 Å². The molecule has 0 saturated carbocycles. The van der Waals surface area contributed by atoms with E-state index in [9.17, 15) is 14.7 Å². The summed E-state index contributed by atoms with van der Waals surface area (Å²) in [5.74, 6) is -0.422. The summed E-state index contributed by atoms with van der Waals surface area (Å²) in [6.07, 6.45) is 2.43. The van der Waals surface area contributed by atoms with E-state index in [0.29, 0.717) is 12.1 Å². The van der Waals surface area contributed by atoms with E-state index >= 15 is 0 Å². The molecule has 130 valence electrons. The van der Waals surface area contributed by atoms with E-state index < -0.39 is 17.1 Å². The average Bonchev–Trinajstić information content (AvgIpc) is 2.49. The van der Waals surface area contributed by atoms with Gasteiger partial charge < -0.3 is 10.0 Å². The van der Waals surface area contributed by atoms with Crippen molar-refractivity contribution >= 4 is 5.71 Å². The van der Waals surface area contributed by atoms with Crippen LogP contribution in [0, 0.1) is 0 Å². The first kappa shape index (κ1) is 19.2. The second kappa shape index (κ2) is 9.29. The first-order valence-corrected chi connectivity index (χ1v) is 8.27. The molecule has 0 bridgehead atoms. The van der Waals surface area contributed by atoms with Crippen LogP contribution in [0.5, 0.6) is 5.88 Å². The van der Waals surface area contributed by atoms with Gasteiger partial charge in [0, 0.05) is 6.04 Å². The van der Waals surface area contributed by atoms with Gasteiger partial charge in [-0.2, -0.15) is 0 Å². The van der Waals surface area contributed by atoms with Gasteiger partial charge in [-0.05, 0) is 45.8 Å². The lowest BCUT2D eigenvalue weighted by molar-refractivity contribution is 0.294. The second-order valence-corrected chi connectivity index (χ2v) is 5.58. The highest BCUT2D eigenvalue weighted by Gasteiger charge is 2.15. The largest absolute Gasteiger partial charge is 0.494 e. The molecule has 0 amide bonds. The van der Waals surface area contributed by atoms with Crippen LogP contribution in [0.4, 0.5) is 0 Å². The minimum atomic E-state index is -0.723. The molecular weight excluding hydrogens is 296 g/mol. The normalized spacial score (nSPS) is 13.5. The van der Waals surface area contributed by atoms with Crippen LogP contribution in [0.3, 0.4) is 0 Å². The van der Waals surface area contributed by atoms with Crippen molar-refractivity contribution in [1.82, 2.24) is 14.9 Å². The number of nitrogens with zero attached hydrogens (tertiary/aromatic N) is 2. The van der Waals surface area contributed by atoms with Crippen molar-refractivity contribution in [3.05, 3.63) is 26.4 Å². The van der Waals surface area contributed by atoms with Crippen molar-refractivity contribution in [1.29, 1.82) is 0 Å². The van der Waals surface area contributed by atoms with Crippen molar-refractivity contribution in [3.8, 4) is 5.88 Å². The number of hydrogen-bond donors (Lipinski definition) is 3. The van der Waals surface area contributed by atoms with Gasteiger partial charge in [0.05, 0.1) is 5.71 Å². The van der Waals surface area contributed by atoms with Gasteiger partial charge in [-0.3, -0.25) is 19.8 Å². The molecule has 7 nitrogen and oxygen atoms in total. The van der Waals surface area contributed by atoms with Gasteiger partial charge in [0.15, 0.2) is 0 Å². The highest BCUT2D eigenvalue weighted by molar-refractivity contribution is 6.01. The zero-order chi connectivity index (χ0) is 17.4. The second-order valence-electron chi connectivity index (χ2n) is 5.58. The fourth-order valence-electron chi connectivity index (χ4n) is 2.56. The Morgan fingerprint density at radius 1 is 1.22 bits per heavy atom. The molecule has 0 aromatic carbocycles. The molecule has 0 fully saturated rings. The maximum Gasteiger partial charge on any atom is 0.328 e. The van der Waals surface area contributed by atoms with Crippen molar-refractivity contribution in [3.63, 3.8) is 0 Å². The van der Waals surface area contributed by atoms with Crippen LogP contribution in [0.2, 0.25) is 0 Å². The zero-order valence-corrected chi connectivity index (χ0v) is 14.5. The minimum Gasteiger partial charge on any atom is -0.494 e. The summed E-state index contributed by atoms with van der Waals surface area (Å²) in [6.45, 7) is 11.3. The third-order valence-electron chi connectivity index (χ3n) is 3.91. The third kappa shape index (κ3) is 5.67. The molecule has 0 aliphatic heterocycles. The number of H-pyrrole nitrogens is 2. The summed E-state index contributed by atoms with van der Waals surface area (Å²) in [6, 6.07) is 0.0474. The number of nitrogens with one attached hydrogen (secondary N) is 2. The number of aromatic hydroxyl groups is 1. The van der Waals surface area contributed by atoms with E-state index in [0.717, 1.165) is 32.5 Å². The lowest BCUT2D eigenvalue weighted by Gasteiger charge is -2.18. The SMILES string of the molecule is CCC(=NC(C)CCCN(CC)CC)c1c(O)[nH]c(=O)[nH]c1=O. The summed E-state index contributed by atoms with van der Waals surface area (Å²) in [5, 5.41) is 9.84. The molecule has 7 heteroatoms.